The van der Waals surface area contributed by atoms with Gasteiger partial charge in [0.2, 0.25) is 0 Å². The molecule has 8 heteroatoms. The molecule has 0 N–H and O–H groups in total. The summed E-state index contributed by atoms with van der Waals surface area (Å²) in [6, 6.07) is 6.60. The summed E-state index contributed by atoms with van der Waals surface area (Å²) in [7, 11) is -0.314. The maximum Gasteiger partial charge on any atom is 0.284 e. The van der Waals surface area contributed by atoms with Gasteiger partial charge in [-0.15, -0.1) is 11.0 Å². The molecule has 134 valence electrons. The highest BCUT2D eigenvalue weighted by Gasteiger charge is 2.34. The van der Waals surface area contributed by atoms with E-state index < -0.39 is 10.0 Å². The zero-order chi connectivity index (χ0) is 18.6. The molecule has 0 atom stereocenters. The molecule has 1 heterocycles. The third kappa shape index (κ3) is 4.52. The molecule has 1 aromatic carbocycles. The molecular weight excluding hydrogens is 358 g/mol. The van der Waals surface area contributed by atoms with E-state index in [1.54, 1.807) is 37.3 Å². The maximum absolute atomic E-state index is 12.6. The molecule has 0 unspecified atom stereocenters. The van der Waals surface area contributed by atoms with Crippen LogP contribution in [0.4, 0.5) is 0 Å². The number of hydrogen-bond donors (Lipinski definition) is 0. The quantitative estimate of drug-likeness (QED) is 0.561. The Kier molecular flexibility index (Phi) is 6.07. The van der Waals surface area contributed by atoms with Crippen LogP contribution in [0.5, 0.6) is 0 Å². The topological polar surface area (TPSA) is 70.1 Å². The zero-order valence-corrected chi connectivity index (χ0v) is 16.1. The van der Waals surface area contributed by atoms with Crippen molar-refractivity contribution >= 4 is 32.9 Å². The van der Waals surface area contributed by atoms with Crippen LogP contribution in [0.1, 0.15) is 12.5 Å². The van der Waals surface area contributed by atoms with Gasteiger partial charge in [0.1, 0.15) is 0 Å². The number of amides is 1. The predicted octanol–water partition coefficient (Wildman–Crippen LogP) is 2.46. The number of nitrogens with zero attached hydrogens (tertiary/aromatic N) is 3. The Hall–Kier alpha value is -2.06. The van der Waals surface area contributed by atoms with Crippen molar-refractivity contribution in [3.05, 3.63) is 53.6 Å². The molecule has 25 heavy (non-hydrogen) atoms. The highest BCUT2D eigenvalue weighted by atomic mass is 32.2. The minimum absolute atomic E-state index is 0.105. The lowest BCUT2D eigenvalue weighted by Crippen LogP contribution is -2.30. The Balaban J connectivity index is 2.41. The summed E-state index contributed by atoms with van der Waals surface area (Å²) in [6.07, 6.45) is 4.01. The maximum atomic E-state index is 12.6. The van der Waals surface area contributed by atoms with Gasteiger partial charge in [-0.1, -0.05) is 25.1 Å². The second-order valence-electron chi connectivity index (χ2n) is 5.61. The van der Waals surface area contributed by atoms with Gasteiger partial charge < -0.3 is 4.90 Å². The Bertz CT molecular complexity index is 825. The standard InChI is InChI=1S/C17H21N3O3S2/c1-5-11-20-16(21)15(12-19(3)4)24-17(20)18-25(22,23)14-9-7-13(6-2)8-10-14/h5,7-10,12H,1,6,11H2,2-4H3/b15-12+,18-17-. The van der Waals surface area contributed by atoms with Crippen molar-refractivity contribution in [3.63, 3.8) is 0 Å². The number of sulfonamides is 1. The van der Waals surface area contributed by atoms with Crippen LogP contribution < -0.4 is 0 Å². The molecule has 1 amide bonds. The van der Waals surface area contributed by atoms with Crippen LogP contribution in [0.25, 0.3) is 0 Å². The van der Waals surface area contributed by atoms with E-state index >= 15 is 0 Å². The number of aryl methyl sites for hydroxylation is 1. The van der Waals surface area contributed by atoms with Crippen molar-refractivity contribution in [3.8, 4) is 0 Å². The lowest BCUT2D eigenvalue weighted by molar-refractivity contribution is -0.121. The van der Waals surface area contributed by atoms with E-state index in [2.05, 4.69) is 11.0 Å². The minimum Gasteiger partial charge on any atom is -0.382 e. The van der Waals surface area contributed by atoms with Gasteiger partial charge >= 0.3 is 0 Å². The molecule has 1 aliphatic rings. The molecule has 0 aliphatic carbocycles. The van der Waals surface area contributed by atoms with E-state index in [1.807, 2.05) is 6.92 Å². The van der Waals surface area contributed by atoms with E-state index in [0.717, 1.165) is 23.7 Å². The van der Waals surface area contributed by atoms with E-state index in [4.69, 9.17) is 0 Å². The molecule has 1 aromatic rings. The first-order valence-electron chi connectivity index (χ1n) is 7.71. The largest absolute Gasteiger partial charge is 0.382 e. The summed E-state index contributed by atoms with van der Waals surface area (Å²) in [4.78, 5) is 16.0. The first-order chi connectivity index (χ1) is 11.8. The van der Waals surface area contributed by atoms with Gasteiger partial charge in [0, 0.05) is 26.8 Å². The smallest absolute Gasteiger partial charge is 0.284 e. The van der Waals surface area contributed by atoms with Crippen molar-refractivity contribution in [2.75, 3.05) is 20.6 Å². The Labute approximate surface area is 153 Å². The fraction of sp³-hybridized carbons (Fsp3) is 0.294. The summed E-state index contributed by atoms with van der Waals surface area (Å²) >= 11 is 1.04. The molecule has 2 rings (SSSR count). The van der Waals surface area contributed by atoms with Crippen LogP contribution in [0.3, 0.4) is 0 Å². The first kappa shape index (κ1) is 19.3. The summed E-state index contributed by atoms with van der Waals surface area (Å²) in [5, 5.41) is 0.137. The molecule has 1 aliphatic heterocycles. The van der Waals surface area contributed by atoms with Crippen LogP contribution in [0, 0.1) is 0 Å². The second kappa shape index (κ2) is 7.88. The minimum atomic E-state index is -3.90. The lowest BCUT2D eigenvalue weighted by atomic mass is 10.2. The molecule has 1 saturated heterocycles. The van der Waals surface area contributed by atoms with E-state index in [9.17, 15) is 13.2 Å². The molecule has 1 fully saturated rings. The Morgan fingerprint density at radius 2 is 1.92 bits per heavy atom. The van der Waals surface area contributed by atoms with E-state index in [-0.39, 0.29) is 22.5 Å². The Morgan fingerprint density at radius 3 is 2.44 bits per heavy atom. The fourth-order valence-corrected chi connectivity index (χ4v) is 4.40. The lowest BCUT2D eigenvalue weighted by Gasteiger charge is -2.12. The summed E-state index contributed by atoms with van der Waals surface area (Å²) in [5.74, 6) is -0.283. The van der Waals surface area contributed by atoms with Crippen LogP contribution in [-0.4, -0.2) is 49.9 Å². The molecule has 0 bridgehead atoms. The average molecular weight is 380 g/mol. The van der Waals surface area contributed by atoms with Crippen molar-refractivity contribution in [1.82, 2.24) is 9.80 Å². The zero-order valence-electron chi connectivity index (χ0n) is 14.5. The highest BCUT2D eigenvalue weighted by Crippen LogP contribution is 2.32. The van der Waals surface area contributed by atoms with Crippen molar-refractivity contribution in [2.24, 2.45) is 4.40 Å². The molecule has 6 nitrogen and oxygen atoms in total. The van der Waals surface area contributed by atoms with Gasteiger partial charge in [0.15, 0.2) is 5.17 Å². The van der Waals surface area contributed by atoms with Crippen LogP contribution in [0.15, 0.2) is 57.3 Å². The molecular formula is C17H21N3O3S2. The number of carbonyl (C=O) groups excluding carboxylic acids is 1. The number of rotatable bonds is 6. The average Bonchev–Trinajstić information content (AvgIpc) is 2.83. The monoisotopic (exact) mass is 379 g/mol. The van der Waals surface area contributed by atoms with E-state index in [1.165, 1.54) is 23.1 Å². The normalized spacial score (nSPS) is 18.2. The number of hydrogen-bond acceptors (Lipinski definition) is 5. The number of benzene rings is 1. The third-order valence-corrected chi connectivity index (χ3v) is 5.79. The van der Waals surface area contributed by atoms with Gasteiger partial charge in [-0.25, -0.2) is 0 Å². The second-order valence-corrected chi connectivity index (χ2v) is 8.22. The molecule has 0 spiro atoms. The molecule has 0 aromatic heterocycles. The van der Waals surface area contributed by atoms with Crippen molar-refractivity contribution < 1.29 is 13.2 Å². The molecule has 0 saturated carbocycles. The van der Waals surface area contributed by atoms with Gasteiger partial charge in [-0.05, 0) is 35.9 Å². The highest BCUT2D eigenvalue weighted by molar-refractivity contribution is 8.19. The van der Waals surface area contributed by atoms with Crippen LogP contribution in [0.2, 0.25) is 0 Å². The SMILES string of the molecule is C=CCN1C(=O)/C(=C\N(C)C)S/C1=N\S(=O)(=O)c1ccc(CC)cc1. The summed E-state index contributed by atoms with van der Waals surface area (Å²) < 4.78 is 29.0. The van der Waals surface area contributed by atoms with Gasteiger partial charge in [0.05, 0.1) is 9.80 Å². The van der Waals surface area contributed by atoms with E-state index in [0.29, 0.717) is 4.91 Å². The summed E-state index contributed by atoms with van der Waals surface area (Å²) in [6.45, 7) is 5.81. The fourth-order valence-electron chi connectivity index (χ4n) is 2.14. The van der Waals surface area contributed by atoms with Gasteiger partial charge in [0.25, 0.3) is 15.9 Å². The summed E-state index contributed by atoms with van der Waals surface area (Å²) in [5.41, 5.74) is 1.04. The Morgan fingerprint density at radius 1 is 1.28 bits per heavy atom. The number of amidine groups is 1. The van der Waals surface area contributed by atoms with Crippen molar-refractivity contribution in [2.45, 2.75) is 18.2 Å². The van der Waals surface area contributed by atoms with Gasteiger partial charge in [-0.3, -0.25) is 9.69 Å². The third-order valence-electron chi connectivity index (χ3n) is 3.40. The number of thioether (sulfide) groups is 1. The first-order valence-corrected chi connectivity index (χ1v) is 9.97. The van der Waals surface area contributed by atoms with Crippen molar-refractivity contribution in [1.29, 1.82) is 0 Å². The van der Waals surface area contributed by atoms with Crippen LogP contribution >= 0.6 is 11.8 Å². The number of carbonyl (C=O) groups is 1. The van der Waals surface area contributed by atoms with Crippen LogP contribution in [-0.2, 0) is 21.2 Å². The van der Waals surface area contributed by atoms with Gasteiger partial charge in [-0.2, -0.15) is 8.42 Å². The predicted molar refractivity (Wildman–Crippen MR) is 102 cm³/mol. The molecule has 0 radical (unpaired) electrons.